The van der Waals surface area contributed by atoms with E-state index in [1.165, 1.54) is 26.5 Å². The lowest BCUT2D eigenvalue weighted by Crippen LogP contribution is -2.51. The second-order valence-electron chi connectivity index (χ2n) is 9.87. The van der Waals surface area contributed by atoms with E-state index in [9.17, 15) is 15.0 Å². The van der Waals surface area contributed by atoms with Crippen LogP contribution in [0.4, 0.5) is 10.2 Å². The number of benzene rings is 3. The Bertz CT molecular complexity index is 1540. The third-order valence-corrected chi connectivity index (χ3v) is 7.53. The van der Waals surface area contributed by atoms with Gasteiger partial charge in [-0.25, -0.2) is 9.18 Å². The lowest BCUT2D eigenvalue weighted by molar-refractivity contribution is -0.265. The number of nitrogens with two attached hydrogens (primary N) is 1. The lowest BCUT2D eigenvalue weighted by Gasteiger charge is -2.38. The zero-order valence-corrected chi connectivity index (χ0v) is 23.7. The van der Waals surface area contributed by atoms with Crippen molar-refractivity contribution < 1.29 is 38.3 Å². The molecule has 1 aliphatic rings. The molecule has 0 radical (unpaired) electrons. The third kappa shape index (κ3) is 5.35. The highest BCUT2D eigenvalue weighted by Gasteiger charge is 2.61. The Kier molecular flexibility index (Phi) is 8.49. The number of rotatable bonds is 10. The van der Waals surface area contributed by atoms with Crippen LogP contribution in [0.1, 0.15) is 22.9 Å². The molecule has 11 nitrogen and oxygen atoms in total. The van der Waals surface area contributed by atoms with Crippen LogP contribution in [-0.4, -0.2) is 65.4 Å². The molecular formula is C31H32FN3O8. The maximum atomic E-state index is 16.7. The van der Waals surface area contributed by atoms with Crippen molar-refractivity contribution in [2.45, 2.75) is 36.2 Å². The van der Waals surface area contributed by atoms with Crippen molar-refractivity contribution in [3.63, 3.8) is 0 Å². The smallest absolute Gasteiger partial charge is 0.351 e. The summed E-state index contributed by atoms with van der Waals surface area (Å²) in [5.74, 6) is -1.48. The molecule has 5 rings (SSSR count). The molecule has 0 amide bonds. The van der Waals surface area contributed by atoms with E-state index in [0.717, 1.165) is 11.7 Å². The molecule has 1 unspecified atom stereocenters. The fraction of sp³-hybridized carbons (Fsp3) is 0.290. The van der Waals surface area contributed by atoms with E-state index in [-0.39, 0.29) is 5.82 Å². The van der Waals surface area contributed by atoms with Crippen molar-refractivity contribution in [1.29, 1.82) is 0 Å². The molecule has 43 heavy (non-hydrogen) atoms. The SMILES string of the molecule is COc1ccc(C(OC(F)[C@H]2O[C@@H](n3ccc(N)nc3=O)[C@@](O)(OC)[C@@H]2O)(c2ccccc2)c2ccc(OC)cc2)cc1. The van der Waals surface area contributed by atoms with Crippen LogP contribution >= 0.6 is 0 Å². The molecule has 12 heteroatoms. The molecule has 1 saturated heterocycles. The molecule has 0 spiro atoms. The van der Waals surface area contributed by atoms with Crippen molar-refractivity contribution in [2.24, 2.45) is 0 Å². The summed E-state index contributed by atoms with van der Waals surface area (Å²) in [5.41, 5.74) is 4.69. The molecular weight excluding hydrogens is 561 g/mol. The summed E-state index contributed by atoms with van der Waals surface area (Å²) in [4.78, 5) is 16.2. The van der Waals surface area contributed by atoms with Crippen molar-refractivity contribution in [1.82, 2.24) is 9.55 Å². The maximum Gasteiger partial charge on any atom is 0.351 e. The van der Waals surface area contributed by atoms with Gasteiger partial charge >= 0.3 is 5.69 Å². The van der Waals surface area contributed by atoms with Crippen molar-refractivity contribution in [3.05, 3.63) is 118 Å². The number of aliphatic hydroxyl groups excluding tert-OH is 1. The summed E-state index contributed by atoms with van der Waals surface area (Å²) in [5, 5.41) is 22.5. The van der Waals surface area contributed by atoms with Gasteiger partial charge < -0.3 is 39.6 Å². The molecule has 1 aliphatic heterocycles. The first-order valence-electron chi connectivity index (χ1n) is 13.3. The summed E-state index contributed by atoms with van der Waals surface area (Å²) in [6.45, 7) is 0. The van der Waals surface area contributed by atoms with Gasteiger partial charge in [-0.15, -0.1) is 0 Å². The Morgan fingerprint density at radius 2 is 1.47 bits per heavy atom. The second-order valence-corrected chi connectivity index (χ2v) is 9.87. The predicted molar refractivity (Wildman–Crippen MR) is 153 cm³/mol. The maximum absolute atomic E-state index is 16.7. The number of methoxy groups -OCH3 is 3. The van der Waals surface area contributed by atoms with Gasteiger partial charge in [-0.05, 0) is 47.0 Å². The van der Waals surface area contributed by atoms with E-state index in [1.54, 1.807) is 72.8 Å². The largest absolute Gasteiger partial charge is 0.497 e. The number of anilines is 1. The van der Waals surface area contributed by atoms with Gasteiger partial charge in [0.1, 0.15) is 35.1 Å². The van der Waals surface area contributed by atoms with Gasteiger partial charge in [0, 0.05) is 13.3 Å². The van der Waals surface area contributed by atoms with Crippen molar-refractivity contribution in [3.8, 4) is 11.5 Å². The number of hydrogen-bond acceptors (Lipinski definition) is 10. The van der Waals surface area contributed by atoms with Gasteiger partial charge in [0.05, 0.1) is 14.2 Å². The van der Waals surface area contributed by atoms with E-state index in [2.05, 4.69) is 4.98 Å². The fourth-order valence-corrected chi connectivity index (χ4v) is 5.26. The van der Waals surface area contributed by atoms with Crippen LogP contribution in [0.15, 0.2) is 95.9 Å². The fourth-order valence-electron chi connectivity index (χ4n) is 5.26. The molecule has 226 valence electrons. The van der Waals surface area contributed by atoms with Crippen molar-refractivity contribution in [2.75, 3.05) is 27.1 Å². The highest BCUT2D eigenvalue weighted by Crippen LogP contribution is 2.46. The van der Waals surface area contributed by atoms with E-state index >= 15 is 4.39 Å². The number of nitrogens with zero attached hydrogens (tertiary/aromatic N) is 2. The molecule has 4 N–H and O–H groups in total. The molecule has 0 bridgehead atoms. The van der Waals surface area contributed by atoms with E-state index in [0.29, 0.717) is 28.2 Å². The first kappa shape index (κ1) is 30.1. The minimum Gasteiger partial charge on any atom is -0.497 e. The summed E-state index contributed by atoms with van der Waals surface area (Å²) < 4.78 is 45.6. The van der Waals surface area contributed by atoms with E-state index in [1.807, 2.05) is 6.07 Å². The Labute approximate surface area is 246 Å². The Morgan fingerprint density at radius 1 is 0.930 bits per heavy atom. The number of ether oxygens (including phenoxy) is 5. The lowest BCUT2D eigenvalue weighted by atomic mass is 9.80. The Hall–Kier alpha value is -4.33. The highest BCUT2D eigenvalue weighted by molar-refractivity contribution is 5.49. The van der Waals surface area contributed by atoms with Crippen LogP contribution < -0.4 is 20.9 Å². The molecule has 4 aromatic rings. The molecule has 2 heterocycles. The number of alkyl halides is 1. The summed E-state index contributed by atoms with van der Waals surface area (Å²) >= 11 is 0. The zero-order valence-electron chi connectivity index (χ0n) is 23.7. The normalized spacial score (nSPS) is 22.7. The van der Waals surface area contributed by atoms with Crippen LogP contribution in [0.25, 0.3) is 0 Å². The second kappa shape index (κ2) is 12.1. The van der Waals surface area contributed by atoms with Gasteiger partial charge in [-0.1, -0.05) is 54.6 Å². The summed E-state index contributed by atoms with van der Waals surface area (Å²) in [7, 11) is 4.16. The number of aliphatic hydroxyl groups is 2. The number of aromatic nitrogens is 2. The topological polar surface area (TPSA) is 148 Å². The Balaban J connectivity index is 1.63. The van der Waals surface area contributed by atoms with Gasteiger partial charge in [0.25, 0.3) is 0 Å². The first-order chi connectivity index (χ1) is 20.7. The third-order valence-electron chi connectivity index (χ3n) is 7.53. The summed E-state index contributed by atoms with van der Waals surface area (Å²) in [6, 6.07) is 24.1. The number of hydrogen-bond donors (Lipinski definition) is 3. The highest BCUT2D eigenvalue weighted by atomic mass is 19.1. The Morgan fingerprint density at radius 3 is 1.95 bits per heavy atom. The van der Waals surface area contributed by atoms with E-state index in [4.69, 9.17) is 29.4 Å². The van der Waals surface area contributed by atoms with Crippen LogP contribution in [0, 0.1) is 0 Å². The zero-order chi connectivity index (χ0) is 30.8. The van der Waals surface area contributed by atoms with Crippen LogP contribution in [0.2, 0.25) is 0 Å². The predicted octanol–water partition coefficient (Wildman–Crippen LogP) is 2.74. The summed E-state index contributed by atoms with van der Waals surface area (Å²) in [6.07, 6.45) is -6.69. The standard InChI is InChI=1S/C31H32FN3O8/c1-39-22-13-9-20(10-14-22)30(19-7-5-4-6-8-19,21-11-15-23(40-2)16-12-21)43-27(32)25-26(36)31(38,41-3)28(42-25)35-18-17-24(33)34-29(35)37/h4-18,25-28,36,38H,1-3H3,(H2,33,34,37)/t25-,26+,27?,28+,31-/m0/s1. The minimum absolute atomic E-state index is 0.0735. The molecule has 3 aromatic carbocycles. The first-order valence-corrected chi connectivity index (χ1v) is 13.3. The van der Waals surface area contributed by atoms with Crippen LogP contribution in [0.5, 0.6) is 11.5 Å². The number of nitrogen functional groups attached to an aromatic ring is 1. The van der Waals surface area contributed by atoms with E-state index < -0.39 is 41.9 Å². The van der Waals surface area contributed by atoms with Crippen LogP contribution in [0.3, 0.4) is 0 Å². The molecule has 0 aliphatic carbocycles. The quantitative estimate of drug-likeness (QED) is 0.185. The average Bonchev–Trinajstić information content (AvgIpc) is 3.30. The number of halogens is 1. The molecule has 1 aromatic heterocycles. The molecule has 0 saturated carbocycles. The van der Waals surface area contributed by atoms with Gasteiger partial charge in [-0.2, -0.15) is 4.98 Å². The van der Waals surface area contributed by atoms with Gasteiger partial charge in [-0.3, -0.25) is 4.57 Å². The average molecular weight is 594 g/mol. The van der Waals surface area contributed by atoms with Crippen LogP contribution in [-0.2, 0) is 19.8 Å². The monoisotopic (exact) mass is 593 g/mol. The minimum atomic E-state index is -2.55. The van der Waals surface area contributed by atoms with Crippen molar-refractivity contribution >= 4 is 5.82 Å². The van der Waals surface area contributed by atoms with Gasteiger partial charge in [0.15, 0.2) is 6.23 Å². The molecule has 1 fully saturated rings. The van der Waals surface area contributed by atoms with Gasteiger partial charge in [0.2, 0.25) is 12.1 Å². The molecule has 5 atom stereocenters.